The fourth-order valence-corrected chi connectivity index (χ4v) is 2.89. The molecule has 10 heteroatoms. The van der Waals surface area contributed by atoms with Gasteiger partial charge in [0.05, 0.1) is 11.8 Å². The van der Waals surface area contributed by atoms with E-state index in [0.717, 1.165) is 17.0 Å². The maximum atomic E-state index is 12.9. The van der Waals surface area contributed by atoms with Gasteiger partial charge in [0.2, 0.25) is 5.91 Å². The zero-order valence-corrected chi connectivity index (χ0v) is 14.1. The largest absolute Gasteiger partial charge is 0.481 e. The molecule has 0 bridgehead atoms. The molecule has 148 valence electrons. The van der Waals surface area contributed by atoms with Crippen LogP contribution in [0.3, 0.4) is 0 Å². The number of nitrogens with one attached hydrogen (secondary N) is 1. The van der Waals surface area contributed by atoms with Crippen molar-refractivity contribution in [1.29, 1.82) is 0 Å². The fourth-order valence-electron chi connectivity index (χ4n) is 2.89. The highest BCUT2D eigenvalue weighted by Crippen LogP contribution is 2.37. The molecule has 1 aromatic carbocycles. The van der Waals surface area contributed by atoms with Gasteiger partial charge in [-0.15, -0.1) is 0 Å². The minimum Gasteiger partial charge on any atom is -0.481 e. The van der Waals surface area contributed by atoms with Crippen LogP contribution in [0.1, 0.15) is 23.2 Å². The van der Waals surface area contributed by atoms with Gasteiger partial charge in [-0.1, -0.05) is 0 Å². The highest BCUT2D eigenvalue weighted by Gasteiger charge is 2.53. The smallest absolute Gasteiger partial charge is 0.394 e. The summed E-state index contributed by atoms with van der Waals surface area (Å²) in [4.78, 5) is 35.8. The minimum absolute atomic E-state index is 0.0981. The van der Waals surface area contributed by atoms with E-state index in [9.17, 15) is 31.9 Å². The van der Waals surface area contributed by atoms with Gasteiger partial charge in [0, 0.05) is 31.6 Å². The van der Waals surface area contributed by atoms with Crippen LogP contribution in [0.5, 0.6) is 0 Å². The summed E-state index contributed by atoms with van der Waals surface area (Å²) in [7, 11) is 0. The van der Waals surface area contributed by atoms with E-state index < -0.39 is 54.7 Å². The minimum atomic E-state index is -4.69. The lowest BCUT2D eigenvalue weighted by molar-refractivity contribution is -0.188. The molecule has 0 spiro atoms. The first-order chi connectivity index (χ1) is 12.6. The number of hydrogen-bond acceptors (Lipinski definition) is 3. The van der Waals surface area contributed by atoms with Crippen LogP contribution >= 0.6 is 0 Å². The Morgan fingerprint density at radius 1 is 1.15 bits per heavy atom. The summed E-state index contributed by atoms with van der Waals surface area (Å²) in [5.74, 6) is -6.89. The van der Waals surface area contributed by atoms with Crippen molar-refractivity contribution in [3.63, 3.8) is 0 Å². The standard InChI is InChI=1S/C17H18F4N2O4/c18-11-5-3-10(4-6-11)15(25)22-7-1-2-14(24)23-8-12(16(26)27)13(9-23)17(19,20)21/h3-6,12-13H,1-2,7-9H2,(H,22,25)(H,26,27)/t12-,13-/m1/s1. The molecule has 2 N–H and O–H groups in total. The lowest BCUT2D eigenvalue weighted by Crippen LogP contribution is -2.34. The molecular weight excluding hydrogens is 372 g/mol. The maximum Gasteiger partial charge on any atom is 0.394 e. The highest BCUT2D eigenvalue weighted by molar-refractivity contribution is 5.94. The summed E-state index contributed by atoms with van der Waals surface area (Å²) in [6, 6.07) is 4.84. The number of carbonyl (C=O) groups is 3. The van der Waals surface area contributed by atoms with Gasteiger partial charge in [-0.25, -0.2) is 4.39 Å². The lowest BCUT2D eigenvalue weighted by atomic mass is 9.96. The lowest BCUT2D eigenvalue weighted by Gasteiger charge is -2.18. The Hall–Kier alpha value is -2.65. The zero-order chi connectivity index (χ0) is 20.2. The summed E-state index contributed by atoms with van der Waals surface area (Å²) in [6.07, 6.45) is -4.64. The van der Waals surface area contributed by atoms with Crippen LogP contribution in [0.25, 0.3) is 0 Å². The third-order valence-electron chi connectivity index (χ3n) is 4.37. The predicted molar refractivity (Wildman–Crippen MR) is 85.2 cm³/mol. The van der Waals surface area contributed by atoms with Gasteiger partial charge in [-0.3, -0.25) is 14.4 Å². The molecule has 0 saturated carbocycles. The van der Waals surface area contributed by atoms with Crippen LogP contribution in [0.4, 0.5) is 17.6 Å². The third kappa shape index (κ3) is 5.41. The van der Waals surface area contributed by atoms with Crippen molar-refractivity contribution >= 4 is 17.8 Å². The number of amides is 2. The average Bonchev–Trinajstić information content (AvgIpc) is 3.05. The molecule has 6 nitrogen and oxygen atoms in total. The van der Waals surface area contributed by atoms with Crippen LogP contribution in [0.15, 0.2) is 24.3 Å². The van der Waals surface area contributed by atoms with Gasteiger partial charge in [0.1, 0.15) is 5.82 Å². The average molecular weight is 390 g/mol. The second-order valence-corrected chi connectivity index (χ2v) is 6.26. The van der Waals surface area contributed by atoms with E-state index in [-0.39, 0.29) is 24.9 Å². The van der Waals surface area contributed by atoms with Gasteiger partial charge in [0.15, 0.2) is 0 Å². The van der Waals surface area contributed by atoms with Gasteiger partial charge >= 0.3 is 12.1 Å². The molecule has 1 heterocycles. The van der Waals surface area contributed by atoms with Crippen molar-refractivity contribution in [1.82, 2.24) is 10.2 Å². The summed E-state index contributed by atoms with van der Waals surface area (Å²) in [5, 5.41) is 11.5. The number of likely N-dealkylation sites (tertiary alicyclic amines) is 1. The van der Waals surface area contributed by atoms with E-state index in [0.29, 0.717) is 0 Å². The Kier molecular flexibility index (Phi) is 6.40. The van der Waals surface area contributed by atoms with Crippen LogP contribution in [-0.2, 0) is 9.59 Å². The first-order valence-electron chi connectivity index (χ1n) is 8.20. The van der Waals surface area contributed by atoms with E-state index in [1.165, 1.54) is 12.1 Å². The molecule has 1 saturated heterocycles. The Labute approximate surface area is 152 Å². The number of nitrogens with zero attached hydrogens (tertiary/aromatic N) is 1. The number of carboxylic acid groups (broad SMARTS) is 1. The van der Waals surface area contributed by atoms with E-state index in [4.69, 9.17) is 5.11 Å². The van der Waals surface area contributed by atoms with Crippen molar-refractivity contribution in [2.24, 2.45) is 11.8 Å². The van der Waals surface area contributed by atoms with Crippen LogP contribution in [0.2, 0.25) is 0 Å². The Balaban J connectivity index is 1.79. The molecule has 2 atom stereocenters. The number of hydrogen-bond donors (Lipinski definition) is 2. The molecule has 0 aromatic heterocycles. The van der Waals surface area contributed by atoms with E-state index in [2.05, 4.69) is 5.32 Å². The first-order valence-corrected chi connectivity index (χ1v) is 8.20. The number of aliphatic carboxylic acids is 1. The van der Waals surface area contributed by atoms with Gasteiger partial charge < -0.3 is 15.3 Å². The Morgan fingerprint density at radius 2 is 1.78 bits per heavy atom. The Morgan fingerprint density at radius 3 is 2.30 bits per heavy atom. The van der Waals surface area contributed by atoms with Crippen molar-refractivity contribution in [3.05, 3.63) is 35.6 Å². The van der Waals surface area contributed by atoms with E-state index >= 15 is 0 Å². The quantitative estimate of drug-likeness (QED) is 0.575. The normalized spacial score (nSPS) is 19.8. The number of carboxylic acids is 1. The monoisotopic (exact) mass is 390 g/mol. The van der Waals surface area contributed by atoms with Crippen LogP contribution in [-0.4, -0.2) is 53.6 Å². The topological polar surface area (TPSA) is 86.7 Å². The van der Waals surface area contributed by atoms with Gasteiger partial charge in [-0.05, 0) is 30.7 Å². The molecule has 1 aliphatic rings. The number of halogens is 4. The van der Waals surface area contributed by atoms with Crippen LogP contribution in [0, 0.1) is 17.7 Å². The van der Waals surface area contributed by atoms with E-state index in [1.54, 1.807) is 0 Å². The van der Waals surface area contributed by atoms with Crippen molar-refractivity contribution < 1.29 is 37.1 Å². The molecule has 27 heavy (non-hydrogen) atoms. The third-order valence-corrected chi connectivity index (χ3v) is 4.37. The SMILES string of the molecule is O=C(NCCCC(=O)N1C[C@@H](C(F)(F)F)[C@H](C(=O)O)C1)c1ccc(F)cc1. The summed E-state index contributed by atoms with van der Waals surface area (Å²) >= 11 is 0. The molecule has 0 radical (unpaired) electrons. The molecule has 2 amide bonds. The maximum absolute atomic E-state index is 12.9. The first kappa shape index (κ1) is 20.7. The summed E-state index contributed by atoms with van der Waals surface area (Å²) in [6.45, 7) is -1.07. The predicted octanol–water partition coefficient (Wildman–Crippen LogP) is 2.06. The molecular formula is C17H18F4N2O4. The summed E-state index contributed by atoms with van der Waals surface area (Å²) < 4.78 is 51.5. The molecule has 1 aromatic rings. The number of rotatable bonds is 6. The van der Waals surface area contributed by atoms with Crippen molar-refractivity contribution in [2.75, 3.05) is 19.6 Å². The molecule has 2 rings (SSSR count). The van der Waals surface area contributed by atoms with Gasteiger partial charge in [-0.2, -0.15) is 13.2 Å². The number of alkyl halides is 3. The van der Waals surface area contributed by atoms with Gasteiger partial charge in [0.25, 0.3) is 5.91 Å². The van der Waals surface area contributed by atoms with Crippen molar-refractivity contribution in [2.45, 2.75) is 19.0 Å². The molecule has 1 fully saturated rings. The molecule has 0 aliphatic carbocycles. The van der Waals surface area contributed by atoms with E-state index in [1.807, 2.05) is 0 Å². The highest BCUT2D eigenvalue weighted by atomic mass is 19.4. The number of carbonyl (C=O) groups excluding carboxylic acids is 2. The Bertz CT molecular complexity index is 706. The molecule has 0 unspecified atom stereocenters. The van der Waals surface area contributed by atoms with Crippen LogP contribution < -0.4 is 5.32 Å². The second kappa shape index (κ2) is 8.36. The fraction of sp³-hybridized carbons (Fsp3) is 0.471. The molecule has 1 aliphatic heterocycles. The summed E-state index contributed by atoms with van der Waals surface area (Å²) in [5.41, 5.74) is 0.236. The number of benzene rings is 1. The second-order valence-electron chi connectivity index (χ2n) is 6.26. The zero-order valence-electron chi connectivity index (χ0n) is 14.1. The van der Waals surface area contributed by atoms with Crippen molar-refractivity contribution in [3.8, 4) is 0 Å².